The largest absolute Gasteiger partial charge is 0.379 e. The van der Waals surface area contributed by atoms with Crippen molar-refractivity contribution < 1.29 is 43.0 Å². The number of likely N-dealkylation sites (tertiary alicyclic amines) is 2. The van der Waals surface area contributed by atoms with Gasteiger partial charge in [-0.25, -0.2) is 0 Å². The molecule has 1 aromatic rings. The Hall–Kier alpha value is -4.27. The second-order valence-electron chi connectivity index (χ2n) is 19.4. The molecule has 0 aromatic heterocycles. The van der Waals surface area contributed by atoms with Crippen molar-refractivity contribution in [3.8, 4) is 0 Å². The highest BCUT2D eigenvalue weighted by atomic mass is 16.5. The highest BCUT2D eigenvalue weighted by Crippen LogP contribution is 2.35. The van der Waals surface area contributed by atoms with Crippen molar-refractivity contribution in [1.29, 1.82) is 0 Å². The number of carbonyl (C=O) groups is 7. The maximum atomic E-state index is 14.7. The molecule has 0 unspecified atom stereocenters. The van der Waals surface area contributed by atoms with Gasteiger partial charge in [0.05, 0.1) is 48.2 Å². The average Bonchev–Trinajstić information content (AvgIpc) is 4.01. The topological polar surface area (TPSA) is 163 Å². The van der Waals surface area contributed by atoms with Crippen LogP contribution >= 0.6 is 0 Å². The van der Waals surface area contributed by atoms with E-state index >= 15 is 0 Å². The highest BCUT2D eigenvalue weighted by molar-refractivity contribution is 6.12. The number of amides is 5. The lowest BCUT2D eigenvalue weighted by atomic mass is 9.81. The van der Waals surface area contributed by atoms with E-state index in [9.17, 15) is 33.6 Å². The van der Waals surface area contributed by atoms with Crippen LogP contribution in [0.25, 0.3) is 0 Å². The lowest BCUT2D eigenvalue weighted by molar-refractivity contribution is -0.149. The van der Waals surface area contributed by atoms with Crippen molar-refractivity contribution in [2.75, 3.05) is 47.4 Å². The van der Waals surface area contributed by atoms with Crippen LogP contribution in [0.1, 0.15) is 125 Å². The van der Waals surface area contributed by atoms with Gasteiger partial charge in [0.25, 0.3) is 11.8 Å². The summed E-state index contributed by atoms with van der Waals surface area (Å²) in [5.74, 6) is -2.55. The van der Waals surface area contributed by atoms with Crippen LogP contribution in [0.4, 0.5) is 0 Å². The molecule has 1 N–H and O–H groups in total. The zero-order valence-corrected chi connectivity index (χ0v) is 41.0. The van der Waals surface area contributed by atoms with Gasteiger partial charge >= 0.3 is 0 Å². The Kier molecular flexibility index (Phi) is 20.5. The van der Waals surface area contributed by atoms with Crippen LogP contribution < -0.4 is 5.32 Å². The number of Topliss-reactive ketones (excluding diaryl/α,β-unsaturated/α-hetero) is 2. The normalized spacial score (nSPS) is 22.2. The van der Waals surface area contributed by atoms with Gasteiger partial charge in [0, 0.05) is 58.8 Å². The molecule has 0 saturated carbocycles. The van der Waals surface area contributed by atoms with Gasteiger partial charge in [-0.15, -0.1) is 0 Å². The predicted molar refractivity (Wildman–Crippen MR) is 250 cm³/mol. The molecule has 14 nitrogen and oxygen atoms in total. The lowest BCUT2D eigenvalue weighted by Crippen LogP contribution is -2.55. The van der Waals surface area contributed by atoms with Crippen molar-refractivity contribution in [2.24, 2.45) is 23.7 Å². The number of nitrogens with zero attached hydrogens (tertiary/aromatic N) is 4. The quantitative estimate of drug-likeness (QED) is 0.0845. The third kappa shape index (κ3) is 13.7. The zero-order chi connectivity index (χ0) is 48.0. The summed E-state index contributed by atoms with van der Waals surface area (Å²) in [7, 11) is 4.90. The molecule has 2 saturated heterocycles. The number of ketones is 2. The Bertz CT molecular complexity index is 1800. The van der Waals surface area contributed by atoms with Crippen LogP contribution in [0.3, 0.4) is 0 Å². The number of hydrogen-bond donors (Lipinski definition) is 1. The number of likely N-dealkylation sites (N-methyl/N-ethyl adjacent to an activating group) is 1. The minimum Gasteiger partial charge on any atom is -0.379 e. The van der Waals surface area contributed by atoms with Crippen molar-refractivity contribution in [3.63, 3.8) is 0 Å². The number of rotatable bonds is 27. The van der Waals surface area contributed by atoms with E-state index in [1.165, 1.54) is 24.0 Å². The van der Waals surface area contributed by atoms with Gasteiger partial charge in [0.1, 0.15) is 0 Å². The van der Waals surface area contributed by atoms with E-state index in [0.29, 0.717) is 25.9 Å². The van der Waals surface area contributed by atoms with Gasteiger partial charge in [-0.2, -0.15) is 0 Å². The molecule has 0 bridgehead atoms. The molecule has 1 aromatic carbocycles. The van der Waals surface area contributed by atoms with E-state index in [1.807, 2.05) is 51.1 Å². The number of methoxy groups -OCH3 is 2. The number of hydrogen-bond acceptors (Lipinski definition) is 10. The minimum absolute atomic E-state index is 0.0180. The Labute approximate surface area is 388 Å². The van der Waals surface area contributed by atoms with E-state index in [2.05, 4.69) is 24.1 Å². The first-order chi connectivity index (χ1) is 30.9. The Balaban J connectivity index is 1.39. The third-order valence-electron chi connectivity index (χ3n) is 14.7. The van der Waals surface area contributed by atoms with E-state index in [-0.39, 0.29) is 71.8 Å². The number of imide groups is 1. The molecule has 362 valence electrons. The molecule has 5 amide bonds. The summed E-state index contributed by atoms with van der Waals surface area (Å²) in [4.78, 5) is 101. The molecule has 0 radical (unpaired) electrons. The average molecular weight is 906 g/mol. The molecular formula is C51H79N5O9. The van der Waals surface area contributed by atoms with E-state index in [0.717, 1.165) is 70.0 Å². The fraction of sp³-hybridized carbons (Fsp3) is 0.706. The first-order valence-electron chi connectivity index (χ1n) is 24.2. The van der Waals surface area contributed by atoms with E-state index in [1.54, 1.807) is 38.0 Å². The molecular weight excluding hydrogens is 827 g/mol. The molecule has 4 rings (SSSR count). The van der Waals surface area contributed by atoms with Crippen LogP contribution in [0, 0.1) is 23.7 Å². The van der Waals surface area contributed by atoms with Crippen LogP contribution in [-0.4, -0.2) is 144 Å². The summed E-state index contributed by atoms with van der Waals surface area (Å²) in [5, 5.41) is 2.95. The maximum absolute atomic E-state index is 14.7. The predicted octanol–water partition coefficient (Wildman–Crippen LogP) is 5.79. The van der Waals surface area contributed by atoms with E-state index < -0.39 is 41.7 Å². The number of benzene rings is 1. The molecule has 3 aliphatic heterocycles. The fourth-order valence-electron chi connectivity index (χ4n) is 10.3. The number of unbranched alkanes of at least 4 members (excludes halogenated alkanes) is 3. The summed E-state index contributed by atoms with van der Waals surface area (Å²) < 4.78 is 12.1. The first-order valence-corrected chi connectivity index (χ1v) is 24.2. The maximum Gasteiger partial charge on any atom is 0.253 e. The first kappa shape index (κ1) is 53.3. The van der Waals surface area contributed by atoms with Gasteiger partial charge in [-0.05, 0) is 89.3 Å². The van der Waals surface area contributed by atoms with E-state index in [4.69, 9.17) is 9.47 Å². The zero-order valence-electron chi connectivity index (χ0n) is 41.0. The smallest absolute Gasteiger partial charge is 0.253 e. The second kappa shape index (κ2) is 25.0. The molecule has 0 spiro atoms. The Morgan fingerprint density at radius 1 is 0.877 bits per heavy atom. The Morgan fingerprint density at radius 3 is 2.11 bits per heavy atom. The summed E-state index contributed by atoms with van der Waals surface area (Å²) in [6.07, 6.45) is 9.05. The molecule has 9 atom stereocenters. The van der Waals surface area contributed by atoms with Crippen molar-refractivity contribution in [1.82, 2.24) is 24.9 Å². The van der Waals surface area contributed by atoms with Crippen molar-refractivity contribution in [2.45, 2.75) is 161 Å². The van der Waals surface area contributed by atoms with Crippen LogP contribution in [-0.2, 0) is 49.5 Å². The standard InChI is InChI=1S/C51H79N5O9/c1-11-35(4)47(42(64-9)33-46(61)55-30-19-23-41(55)48(65-10)36(5)49(62)52-40(37(6)57)31-38-21-15-14-16-22-38)53(8)50(63)39(34(2)3)32-43(58)51(7)26-20-28-54(51)27-17-12-13-18-29-56-44(59)24-25-45(56)60/h14-16,21-22,24-25,34-36,39-42,47-48H,11-13,17-20,23,26-33H2,1-10H3,(H,52,62)/t35-,36+,39-,40-,41-,42+,47-,48+,51-/m0/s1. The number of nitrogens with one attached hydrogen (secondary N) is 1. The summed E-state index contributed by atoms with van der Waals surface area (Å²) in [6, 6.07) is 8.03. The monoisotopic (exact) mass is 906 g/mol. The van der Waals surface area contributed by atoms with Gasteiger partial charge in [0.2, 0.25) is 17.7 Å². The number of ether oxygens (including phenoxy) is 2. The van der Waals surface area contributed by atoms with Crippen LogP contribution in [0.15, 0.2) is 42.5 Å². The van der Waals surface area contributed by atoms with Crippen LogP contribution in [0.5, 0.6) is 0 Å². The summed E-state index contributed by atoms with van der Waals surface area (Å²) in [5.41, 5.74) is 0.264. The minimum atomic E-state index is -0.694. The molecule has 3 heterocycles. The number of carbonyl (C=O) groups excluding carboxylic acids is 7. The van der Waals surface area contributed by atoms with Crippen LogP contribution in [0.2, 0.25) is 0 Å². The molecule has 2 fully saturated rings. The lowest BCUT2D eigenvalue weighted by Gasteiger charge is -2.41. The summed E-state index contributed by atoms with van der Waals surface area (Å²) >= 11 is 0. The summed E-state index contributed by atoms with van der Waals surface area (Å²) in [6.45, 7) is 15.8. The fourth-order valence-corrected chi connectivity index (χ4v) is 10.3. The Morgan fingerprint density at radius 2 is 1.52 bits per heavy atom. The molecule has 0 aliphatic carbocycles. The van der Waals surface area contributed by atoms with Gasteiger partial charge in [-0.3, -0.25) is 43.4 Å². The highest BCUT2D eigenvalue weighted by Gasteiger charge is 2.46. The van der Waals surface area contributed by atoms with Gasteiger partial charge in [-0.1, -0.05) is 84.2 Å². The second-order valence-corrected chi connectivity index (χ2v) is 19.4. The van der Waals surface area contributed by atoms with Gasteiger partial charge in [0.15, 0.2) is 11.6 Å². The molecule has 14 heteroatoms. The van der Waals surface area contributed by atoms with Crippen molar-refractivity contribution in [3.05, 3.63) is 48.0 Å². The van der Waals surface area contributed by atoms with Crippen molar-refractivity contribution >= 4 is 41.1 Å². The molecule has 65 heavy (non-hydrogen) atoms. The third-order valence-corrected chi connectivity index (χ3v) is 14.7. The SMILES string of the molecule is CC[C@H](C)[C@@H]([C@@H](CC(=O)N1CCC[C@H]1[C@H](OC)[C@@H](C)C(=O)N[C@@H](Cc1ccccc1)C(C)=O)OC)N(C)C(=O)[C@@H](CC(=O)[C@]1(C)CCCN1CCCCCCN1C(=O)C=CC1=O)C(C)C. The van der Waals surface area contributed by atoms with Gasteiger partial charge < -0.3 is 24.6 Å². The molecule has 3 aliphatic rings.